The first-order valence-electron chi connectivity index (χ1n) is 7.74. The van der Waals surface area contributed by atoms with E-state index in [2.05, 4.69) is 47.2 Å². The summed E-state index contributed by atoms with van der Waals surface area (Å²) in [4.78, 5) is 12.8. The second-order valence-electron chi connectivity index (χ2n) is 6.66. The Balaban J connectivity index is 1.81. The van der Waals surface area contributed by atoms with Crippen molar-refractivity contribution in [1.29, 1.82) is 0 Å². The molecule has 1 N–H and O–H groups in total. The monoisotopic (exact) mass is 407 g/mol. The van der Waals surface area contributed by atoms with Crippen LogP contribution in [0.1, 0.15) is 25.3 Å². The van der Waals surface area contributed by atoms with Gasteiger partial charge in [-0.05, 0) is 41.3 Å². The van der Waals surface area contributed by atoms with E-state index in [9.17, 15) is 4.79 Å². The van der Waals surface area contributed by atoms with E-state index in [1.807, 2.05) is 12.1 Å². The highest BCUT2D eigenvalue weighted by atomic mass is 79.9. The Morgan fingerprint density at radius 1 is 1.21 bits per heavy atom. The lowest BCUT2D eigenvalue weighted by atomic mass is 10.0. The van der Waals surface area contributed by atoms with Gasteiger partial charge in [0.05, 0.1) is 18.7 Å². The molecule has 0 heterocycles. The molecule has 1 aliphatic carbocycles. The predicted octanol–water partition coefficient (Wildman–Crippen LogP) is 5.49. The van der Waals surface area contributed by atoms with Crippen molar-refractivity contribution in [3.05, 3.63) is 57.5 Å². The Morgan fingerprint density at radius 3 is 2.50 bits per heavy atom. The molecule has 0 saturated heterocycles. The van der Waals surface area contributed by atoms with Gasteiger partial charge in [-0.3, -0.25) is 4.79 Å². The molecule has 5 heteroatoms. The van der Waals surface area contributed by atoms with Crippen molar-refractivity contribution in [2.75, 3.05) is 12.4 Å². The van der Waals surface area contributed by atoms with Gasteiger partial charge in [-0.1, -0.05) is 53.5 Å². The Bertz CT molecular complexity index is 773. The Labute approximate surface area is 155 Å². The molecule has 2 aromatic carbocycles. The minimum Gasteiger partial charge on any atom is -0.495 e. The highest BCUT2D eigenvalue weighted by molar-refractivity contribution is 9.10. The van der Waals surface area contributed by atoms with Crippen LogP contribution in [0.15, 0.2) is 46.9 Å². The lowest BCUT2D eigenvalue weighted by Gasteiger charge is -2.11. The van der Waals surface area contributed by atoms with E-state index in [-0.39, 0.29) is 23.2 Å². The topological polar surface area (TPSA) is 38.3 Å². The van der Waals surface area contributed by atoms with Crippen LogP contribution in [0.2, 0.25) is 5.02 Å². The lowest BCUT2D eigenvalue weighted by Crippen LogP contribution is -2.17. The van der Waals surface area contributed by atoms with E-state index < -0.39 is 0 Å². The number of ether oxygens (including phenoxy) is 1. The summed E-state index contributed by atoms with van der Waals surface area (Å²) in [6, 6.07) is 13.4. The molecule has 3 rings (SSSR count). The molecule has 1 saturated carbocycles. The van der Waals surface area contributed by atoms with Gasteiger partial charge in [-0.15, -0.1) is 0 Å². The number of hydrogen-bond donors (Lipinski definition) is 1. The molecule has 2 atom stereocenters. The fourth-order valence-electron chi connectivity index (χ4n) is 3.41. The van der Waals surface area contributed by atoms with Gasteiger partial charge in [0, 0.05) is 15.4 Å². The molecule has 24 heavy (non-hydrogen) atoms. The van der Waals surface area contributed by atoms with E-state index in [0.29, 0.717) is 16.5 Å². The average molecular weight is 409 g/mol. The average Bonchev–Trinajstić information content (AvgIpc) is 3.11. The Kier molecular flexibility index (Phi) is 4.63. The third-order valence-electron chi connectivity index (χ3n) is 4.76. The van der Waals surface area contributed by atoms with E-state index in [4.69, 9.17) is 16.3 Å². The van der Waals surface area contributed by atoms with E-state index in [1.165, 1.54) is 5.56 Å². The largest absolute Gasteiger partial charge is 0.495 e. The second kappa shape index (κ2) is 6.41. The van der Waals surface area contributed by atoms with Gasteiger partial charge in [0.1, 0.15) is 5.75 Å². The maximum absolute atomic E-state index is 12.8. The fourth-order valence-corrected chi connectivity index (χ4v) is 3.84. The maximum Gasteiger partial charge on any atom is 0.228 e. The zero-order valence-electron chi connectivity index (χ0n) is 13.8. The van der Waals surface area contributed by atoms with Gasteiger partial charge >= 0.3 is 0 Å². The first-order chi connectivity index (χ1) is 11.3. The summed E-state index contributed by atoms with van der Waals surface area (Å²) < 4.78 is 6.34. The summed E-state index contributed by atoms with van der Waals surface area (Å²) in [6.45, 7) is 4.25. The third-order valence-corrected chi connectivity index (χ3v) is 5.52. The van der Waals surface area contributed by atoms with Crippen molar-refractivity contribution in [2.24, 2.45) is 11.3 Å². The van der Waals surface area contributed by atoms with Gasteiger partial charge in [0.2, 0.25) is 5.91 Å². The number of carbonyl (C=O) groups is 1. The summed E-state index contributed by atoms with van der Waals surface area (Å²) in [5, 5.41) is 3.53. The van der Waals surface area contributed by atoms with Gasteiger partial charge in [0.15, 0.2) is 0 Å². The third kappa shape index (κ3) is 3.17. The Hall–Kier alpha value is -1.52. The standard InChI is InChI=1S/C19H19BrClNO2/c1-19(2)16(11-4-6-12(20)7-5-11)17(19)18(23)22-14-10-13(21)8-9-15(14)24-3/h4-10,16-17H,1-3H3,(H,22,23). The fraction of sp³-hybridized carbons (Fsp3) is 0.316. The van der Waals surface area contributed by atoms with Crippen molar-refractivity contribution in [3.8, 4) is 5.75 Å². The number of amides is 1. The molecule has 2 aromatic rings. The highest BCUT2D eigenvalue weighted by Gasteiger charge is 2.62. The van der Waals surface area contributed by atoms with Crippen LogP contribution in [-0.2, 0) is 4.79 Å². The molecule has 0 aliphatic heterocycles. The summed E-state index contributed by atoms with van der Waals surface area (Å²) in [5.74, 6) is 0.720. The first kappa shape index (κ1) is 17.3. The van der Waals surface area contributed by atoms with Crippen molar-refractivity contribution in [3.63, 3.8) is 0 Å². The minimum atomic E-state index is -0.0811. The van der Waals surface area contributed by atoms with E-state index >= 15 is 0 Å². The molecule has 1 amide bonds. The smallest absolute Gasteiger partial charge is 0.228 e. The van der Waals surface area contributed by atoms with Crippen molar-refractivity contribution >= 4 is 39.1 Å². The molecule has 3 nitrogen and oxygen atoms in total. The molecule has 0 bridgehead atoms. The number of halogens is 2. The number of benzene rings is 2. The van der Waals surface area contributed by atoms with E-state index in [0.717, 1.165) is 4.47 Å². The molecule has 2 unspecified atom stereocenters. The lowest BCUT2D eigenvalue weighted by molar-refractivity contribution is -0.118. The number of rotatable bonds is 4. The summed E-state index contributed by atoms with van der Waals surface area (Å²) in [6.07, 6.45) is 0. The van der Waals surface area contributed by atoms with Crippen LogP contribution in [0.3, 0.4) is 0 Å². The molecular weight excluding hydrogens is 390 g/mol. The number of nitrogens with one attached hydrogen (secondary N) is 1. The molecule has 126 valence electrons. The van der Waals surface area contributed by atoms with Crippen LogP contribution in [-0.4, -0.2) is 13.0 Å². The van der Waals surface area contributed by atoms with Crippen LogP contribution in [0.25, 0.3) is 0 Å². The second-order valence-corrected chi connectivity index (χ2v) is 8.01. The van der Waals surface area contributed by atoms with Crippen LogP contribution in [0.5, 0.6) is 5.75 Å². The number of hydrogen-bond acceptors (Lipinski definition) is 2. The predicted molar refractivity (Wildman–Crippen MR) is 101 cm³/mol. The van der Waals surface area contributed by atoms with Crippen molar-refractivity contribution in [2.45, 2.75) is 19.8 Å². The number of carbonyl (C=O) groups excluding carboxylic acids is 1. The molecule has 1 fully saturated rings. The van der Waals surface area contributed by atoms with Gasteiger partial charge in [-0.25, -0.2) is 0 Å². The molecule has 0 radical (unpaired) electrons. The van der Waals surface area contributed by atoms with Gasteiger partial charge in [0.25, 0.3) is 0 Å². The molecule has 0 aromatic heterocycles. The SMILES string of the molecule is COc1ccc(Cl)cc1NC(=O)C1C(c2ccc(Br)cc2)C1(C)C. The summed E-state index contributed by atoms with van der Waals surface area (Å²) in [5.41, 5.74) is 1.71. The van der Waals surface area contributed by atoms with Crippen molar-refractivity contribution < 1.29 is 9.53 Å². The zero-order valence-corrected chi connectivity index (χ0v) is 16.1. The first-order valence-corrected chi connectivity index (χ1v) is 8.91. The minimum absolute atomic E-state index is 0.00603. The Morgan fingerprint density at radius 2 is 1.88 bits per heavy atom. The van der Waals surface area contributed by atoms with Crippen LogP contribution in [0.4, 0.5) is 5.69 Å². The van der Waals surface area contributed by atoms with Gasteiger partial charge in [-0.2, -0.15) is 0 Å². The van der Waals surface area contributed by atoms with Crippen LogP contribution >= 0.6 is 27.5 Å². The maximum atomic E-state index is 12.8. The molecular formula is C19H19BrClNO2. The van der Waals surface area contributed by atoms with Crippen LogP contribution in [0, 0.1) is 11.3 Å². The van der Waals surface area contributed by atoms with Gasteiger partial charge < -0.3 is 10.1 Å². The quantitative estimate of drug-likeness (QED) is 0.726. The summed E-state index contributed by atoms with van der Waals surface area (Å²) in [7, 11) is 1.57. The zero-order chi connectivity index (χ0) is 17.5. The number of methoxy groups -OCH3 is 1. The molecule has 1 aliphatic rings. The highest BCUT2D eigenvalue weighted by Crippen LogP contribution is 2.64. The van der Waals surface area contributed by atoms with E-state index in [1.54, 1.807) is 25.3 Å². The number of anilines is 1. The summed E-state index contributed by atoms with van der Waals surface area (Å²) >= 11 is 9.49. The molecule has 0 spiro atoms. The normalized spacial score (nSPS) is 21.2. The van der Waals surface area contributed by atoms with Crippen molar-refractivity contribution in [1.82, 2.24) is 0 Å². The van der Waals surface area contributed by atoms with Crippen LogP contribution < -0.4 is 10.1 Å².